The quantitative estimate of drug-likeness (QED) is 0.411. The highest BCUT2D eigenvalue weighted by Crippen LogP contribution is 2.04. The normalized spacial score (nSPS) is 10.2. The minimum atomic E-state index is -0.159. The van der Waals surface area contributed by atoms with Gasteiger partial charge in [-0.3, -0.25) is 4.79 Å². The van der Waals surface area contributed by atoms with Gasteiger partial charge in [-0.25, -0.2) is 5.84 Å². The van der Waals surface area contributed by atoms with E-state index in [1.807, 2.05) is 13.8 Å². The topological polar surface area (TPSA) is 93.4 Å². The van der Waals surface area contributed by atoms with Gasteiger partial charge in [-0.2, -0.15) is 0 Å². The number of carbonyl (C=O) groups excluding carboxylic acids is 1. The Bertz CT molecular complexity index is 368. The second-order valence-electron chi connectivity index (χ2n) is 3.53. The monoisotopic (exact) mass is 253 g/mol. The fourth-order valence-corrected chi connectivity index (χ4v) is 1.41. The number of nitrogens with zero attached hydrogens (tertiary/aromatic N) is 3. The molecular weight excluding hydrogens is 234 g/mol. The van der Waals surface area contributed by atoms with Gasteiger partial charge in [-0.15, -0.1) is 10.2 Å². The van der Waals surface area contributed by atoms with Gasteiger partial charge >= 0.3 is 0 Å². The minimum absolute atomic E-state index is 0.159. The summed E-state index contributed by atoms with van der Waals surface area (Å²) >= 11 is 0. The lowest BCUT2D eigenvalue weighted by molar-refractivity contribution is 0.0663. The molecule has 0 aromatic carbocycles. The van der Waals surface area contributed by atoms with Crippen LogP contribution in [0.2, 0.25) is 0 Å². The Labute approximate surface area is 106 Å². The zero-order valence-electron chi connectivity index (χ0n) is 10.7. The molecule has 0 atom stereocenters. The number of ether oxygens (including phenoxy) is 1. The molecule has 0 aliphatic rings. The Hall–Kier alpha value is -1.73. The molecular formula is C11H19N5O2. The fourth-order valence-electron chi connectivity index (χ4n) is 1.41. The van der Waals surface area contributed by atoms with E-state index in [1.165, 1.54) is 0 Å². The first-order valence-electron chi connectivity index (χ1n) is 5.90. The highest BCUT2D eigenvalue weighted by Gasteiger charge is 2.15. The predicted octanol–water partition coefficient (Wildman–Crippen LogP) is 0.261. The van der Waals surface area contributed by atoms with Gasteiger partial charge in [0.25, 0.3) is 5.91 Å². The van der Waals surface area contributed by atoms with Crippen LogP contribution in [-0.2, 0) is 4.74 Å². The molecule has 3 N–H and O–H groups in total. The van der Waals surface area contributed by atoms with E-state index in [4.69, 9.17) is 10.6 Å². The summed E-state index contributed by atoms with van der Waals surface area (Å²) in [6, 6.07) is 3.20. The summed E-state index contributed by atoms with van der Waals surface area (Å²) in [6.07, 6.45) is 0. The molecule has 7 nitrogen and oxygen atoms in total. The lowest BCUT2D eigenvalue weighted by atomic mass is 10.3. The Kier molecular flexibility index (Phi) is 6.03. The molecule has 0 spiro atoms. The molecule has 0 saturated carbocycles. The molecule has 0 bridgehead atoms. The van der Waals surface area contributed by atoms with Crippen molar-refractivity contribution in [1.29, 1.82) is 0 Å². The van der Waals surface area contributed by atoms with E-state index in [2.05, 4.69) is 15.6 Å². The third kappa shape index (κ3) is 3.94. The van der Waals surface area contributed by atoms with E-state index in [1.54, 1.807) is 17.0 Å². The molecule has 1 amide bonds. The third-order valence-electron chi connectivity index (χ3n) is 2.41. The molecule has 1 heterocycles. The zero-order chi connectivity index (χ0) is 13.4. The predicted molar refractivity (Wildman–Crippen MR) is 67.9 cm³/mol. The Morgan fingerprint density at radius 2 is 2.22 bits per heavy atom. The first-order chi connectivity index (χ1) is 8.72. The number of amides is 1. The molecule has 1 aromatic heterocycles. The average Bonchev–Trinajstić information content (AvgIpc) is 2.43. The van der Waals surface area contributed by atoms with E-state index < -0.39 is 0 Å². The number of likely N-dealkylation sites (N-methyl/N-ethyl adjacent to an activating group) is 1. The number of carbonyl (C=O) groups is 1. The number of hydrazine groups is 1. The number of anilines is 1. The molecule has 18 heavy (non-hydrogen) atoms. The molecule has 0 unspecified atom stereocenters. The van der Waals surface area contributed by atoms with E-state index >= 15 is 0 Å². The number of rotatable bonds is 7. The van der Waals surface area contributed by atoms with Gasteiger partial charge in [-0.05, 0) is 26.0 Å². The van der Waals surface area contributed by atoms with Crippen LogP contribution < -0.4 is 11.3 Å². The van der Waals surface area contributed by atoms with E-state index in [0.717, 1.165) is 0 Å². The number of nitrogens with two attached hydrogens (primary N) is 1. The van der Waals surface area contributed by atoms with Gasteiger partial charge in [0.05, 0.1) is 6.61 Å². The molecule has 100 valence electrons. The van der Waals surface area contributed by atoms with Crippen molar-refractivity contribution in [2.45, 2.75) is 13.8 Å². The zero-order valence-corrected chi connectivity index (χ0v) is 10.7. The molecule has 0 aliphatic carbocycles. The SMILES string of the molecule is CCOCCN(CC)C(=O)c1ccc(NN)nn1. The summed E-state index contributed by atoms with van der Waals surface area (Å²) in [7, 11) is 0. The van der Waals surface area contributed by atoms with Crippen molar-refractivity contribution >= 4 is 11.7 Å². The number of aromatic nitrogens is 2. The van der Waals surface area contributed by atoms with Gasteiger partial charge in [0.2, 0.25) is 0 Å². The first kappa shape index (κ1) is 14.3. The summed E-state index contributed by atoms with van der Waals surface area (Å²) in [6.45, 7) is 6.13. The third-order valence-corrected chi connectivity index (χ3v) is 2.41. The second-order valence-corrected chi connectivity index (χ2v) is 3.53. The number of nitrogen functional groups attached to an aromatic ring is 1. The molecule has 7 heteroatoms. The summed E-state index contributed by atoms with van der Waals surface area (Å²) in [5, 5.41) is 7.59. The van der Waals surface area contributed by atoms with Crippen molar-refractivity contribution in [3.05, 3.63) is 17.8 Å². The van der Waals surface area contributed by atoms with Gasteiger partial charge in [0.15, 0.2) is 11.5 Å². The van der Waals surface area contributed by atoms with Crippen LogP contribution in [0.4, 0.5) is 5.82 Å². The molecule has 0 aliphatic heterocycles. The Morgan fingerprint density at radius 3 is 2.72 bits per heavy atom. The average molecular weight is 253 g/mol. The lowest BCUT2D eigenvalue weighted by Gasteiger charge is -2.19. The van der Waals surface area contributed by atoms with Crippen LogP contribution in [-0.4, -0.2) is 47.3 Å². The van der Waals surface area contributed by atoms with Gasteiger partial charge < -0.3 is 15.1 Å². The van der Waals surface area contributed by atoms with Crippen LogP contribution in [0.15, 0.2) is 12.1 Å². The van der Waals surface area contributed by atoms with Crippen molar-refractivity contribution in [2.75, 3.05) is 31.7 Å². The van der Waals surface area contributed by atoms with Crippen molar-refractivity contribution in [3.8, 4) is 0 Å². The van der Waals surface area contributed by atoms with Gasteiger partial charge in [0.1, 0.15) is 0 Å². The van der Waals surface area contributed by atoms with Crippen molar-refractivity contribution < 1.29 is 9.53 Å². The van der Waals surface area contributed by atoms with Crippen molar-refractivity contribution in [2.24, 2.45) is 5.84 Å². The molecule has 1 aromatic rings. The molecule has 0 fully saturated rings. The smallest absolute Gasteiger partial charge is 0.274 e. The highest BCUT2D eigenvalue weighted by molar-refractivity contribution is 5.92. The Balaban J connectivity index is 2.64. The van der Waals surface area contributed by atoms with Crippen molar-refractivity contribution in [3.63, 3.8) is 0 Å². The lowest BCUT2D eigenvalue weighted by Crippen LogP contribution is -2.34. The van der Waals surface area contributed by atoms with Crippen LogP contribution in [0, 0.1) is 0 Å². The molecule has 1 rings (SSSR count). The maximum Gasteiger partial charge on any atom is 0.274 e. The van der Waals surface area contributed by atoms with E-state index in [9.17, 15) is 4.79 Å². The fraction of sp³-hybridized carbons (Fsp3) is 0.545. The first-order valence-corrected chi connectivity index (χ1v) is 5.90. The van der Waals surface area contributed by atoms with E-state index in [0.29, 0.717) is 37.8 Å². The summed E-state index contributed by atoms with van der Waals surface area (Å²) in [4.78, 5) is 13.7. The number of nitrogens with one attached hydrogen (secondary N) is 1. The Morgan fingerprint density at radius 1 is 1.44 bits per heavy atom. The summed E-state index contributed by atoms with van der Waals surface area (Å²) in [5.41, 5.74) is 2.66. The summed E-state index contributed by atoms with van der Waals surface area (Å²) < 4.78 is 5.23. The number of hydrogen-bond donors (Lipinski definition) is 2. The maximum absolute atomic E-state index is 12.1. The largest absolute Gasteiger partial charge is 0.380 e. The summed E-state index contributed by atoms with van der Waals surface area (Å²) in [5.74, 6) is 5.44. The minimum Gasteiger partial charge on any atom is -0.380 e. The van der Waals surface area contributed by atoms with Crippen LogP contribution in [0.25, 0.3) is 0 Å². The van der Waals surface area contributed by atoms with Gasteiger partial charge in [-0.1, -0.05) is 0 Å². The van der Waals surface area contributed by atoms with Gasteiger partial charge in [0, 0.05) is 19.7 Å². The van der Waals surface area contributed by atoms with Crippen LogP contribution in [0.1, 0.15) is 24.3 Å². The van der Waals surface area contributed by atoms with Crippen LogP contribution >= 0.6 is 0 Å². The van der Waals surface area contributed by atoms with Crippen LogP contribution in [0.3, 0.4) is 0 Å². The second kappa shape index (κ2) is 7.57. The molecule has 0 radical (unpaired) electrons. The van der Waals surface area contributed by atoms with Crippen LogP contribution in [0.5, 0.6) is 0 Å². The maximum atomic E-state index is 12.1. The highest BCUT2D eigenvalue weighted by atomic mass is 16.5. The molecule has 0 saturated heterocycles. The standard InChI is InChI=1S/C11H19N5O2/c1-3-16(7-8-18-4-2)11(17)9-5-6-10(13-12)15-14-9/h5-6H,3-4,7-8,12H2,1-2H3,(H,13,15). The van der Waals surface area contributed by atoms with E-state index in [-0.39, 0.29) is 5.91 Å². The number of hydrogen-bond acceptors (Lipinski definition) is 6. The van der Waals surface area contributed by atoms with Crippen molar-refractivity contribution in [1.82, 2.24) is 15.1 Å².